The molecule has 2 N–H and O–H groups in total. The van der Waals surface area contributed by atoms with Gasteiger partial charge in [0, 0.05) is 50.1 Å². The molecule has 0 unspecified atom stereocenters. The number of aryl methyl sites for hydroxylation is 1. The first-order chi connectivity index (χ1) is 19.2. The van der Waals surface area contributed by atoms with Crippen molar-refractivity contribution in [3.05, 3.63) is 66.1 Å². The van der Waals surface area contributed by atoms with Gasteiger partial charge in [-0.05, 0) is 57.9 Å². The number of hydrogen-bond donors (Lipinski definition) is 2. The van der Waals surface area contributed by atoms with E-state index in [-0.39, 0.29) is 11.0 Å². The van der Waals surface area contributed by atoms with Gasteiger partial charge in [0.1, 0.15) is 17.1 Å². The fourth-order valence-electron chi connectivity index (χ4n) is 5.08. The van der Waals surface area contributed by atoms with Gasteiger partial charge in [-0.2, -0.15) is 0 Å². The first-order valence-corrected chi connectivity index (χ1v) is 15.3. The number of nitrogens with one attached hydrogen (secondary N) is 1. The molecule has 10 heteroatoms. The number of rotatable bonds is 9. The summed E-state index contributed by atoms with van der Waals surface area (Å²) in [5.74, 6) is 1.92. The van der Waals surface area contributed by atoms with E-state index < -0.39 is 15.1 Å². The molecule has 2 aromatic heterocycles. The maximum atomic E-state index is 13.1. The normalized spacial score (nSPS) is 14.7. The van der Waals surface area contributed by atoms with E-state index in [1.165, 1.54) is 0 Å². The van der Waals surface area contributed by atoms with Crippen LogP contribution in [0.2, 0.25) is 0 Å². The molecule has 212 valence electrons. The maximum absolute atomic E-state index is 13.1. The van der Waals surface area contributed by atoms with Gasteiger partial charge in [-0.1, -0.05) is 18.2 Å². The van der Waals surface area contributed by atoms with Gasteiger partial charge in [0.25, 0.3) is 0 Å². The summed E-state index contributed by atoms with van der Waals surface area (Å²) in [6.07, 6.45) is 3.65. The van der Waals surface area contributed by atoms with Crippen LogP contribution in [-0.4, -0.2) is 59.1 Å². The van der Waals surface area contributed by atoms with E-state index in [9.17, 15) is 13.5 Å². The van der Waals surface area contributed by atoms with E-state index in [0.29, 0.717) is 30.4 Å². The standard InChI is InChI=1S/C30H37N5O4S/c1-5-39-26-19-22(35-16-12-23(36)13-17-35)11-10-21(26)18-28-31-25-14-15-34(4)29(25)30(33-28)32-24-8-6-7-9-27(24)40(37,38)20(2)3/h6-11,14-15,19-20,23,36H,5,12-13,16-18H2,1-4H3,(H,31,32,33). The molecule has 0 radical (unpaired) electrons. The van der Waals surface area contributed by atoms with Crippen LogP contribution in [0, 0.1) is 0 Å². The first kappa shape index (κ1) is 27.9. The number of sulfone groups is 1. The van der Waals surface area contributed by atoms with E-state index in [0.717, 1.165) is 54.0 Å². The molecule has 5 rings (SSSR count). The average molecular weight is 564 g/mol. The molecular formula is C30H37N5O4S. The molecule has 0 aliphatic carbocycles. The zero-order valence-electron chi connectivity index (χ0n) is 23.5. The Morgan fingerprint density at radius 2 is 1.85 bits per heavy atom. The van der Waals surface area contributed by atoms with Crippen LogP contribution in [0.15, 0.2) is 59.6 Å². The fraction of sp³-hybridized carbons (Fsp3) is 0.400. The summed E-state index contributed by atoms with van der Waals surface area (Å²) < 4.78 is 34.1. The molecule has 0 bridgehead atoms. The predicted octanol–water partition coefficient (Wildman–Crippen LogP) is 4.84. The van der Waals surface area contributed by atoms with Crippen LogP contribution < -0.4 is 15.0 Å². The van der Waals surface area contributed by atoms with Crippen LogP contribution >= 0.6 is 0 Å². The third kappa shape index (κ3) is 5.64. The third-order valence-electron chi connectivity index (χ3n) is 7.36. The number of benzene rings is 2. The maximum Gasteiger partial charge on any atom is 0.182 e. The van der Waals surface area contributed by atoms with Gasteiger partial charge >= 0.3 is 0 Å². The molecule has 0 spiro atoms. The Morgan fingerprint density at radius 3 is 2.58 bits per heavy atom. The molecule has 1 fully saturated rings. The highest BCUT2D eigenvalue weighted by Crippen LogP contribution is 2.32. The minimum Gasteiger partial charge on any atom is -0.494 e. The van der Waals surface area contributed by atoms with Gasteiger partial charge in [0.15, 0.2) is 15.7 Å². The predicted molar refractivity (Wildman–Crippen MR) is 158 cm³/mol. The van der Waals surface area contributed by atoms with Gasteiger partial charge in [-0.3, -0.25) is 0 Å². The molecule has 1 saturated heterocycles. The zero-order valence-corrected chi connectivity index (χ0v) is 24.3. The molecule has 40 heavy (non-hydrogen) atoms. The number of hydrogen-bond acceptors (Lipinski definition) is 8. The Hall–Kier alpha value is -3.63. The third-order valence-corrected chi connectivity index (χ3v) is 9.57. The van der Waals surface area contributed by atoms with Crippen molar-refractivity contribution >= 4 is 38.1 Å². The van der Waals surface area contributed by atoms with E-state index in [1.807, 2.05) is 36.9 Å². The number of anilines is 3. The molecule has 0 atom stereocenters. The number of nitrogens with zero attached hydrogens (tertiary/aromatic N) is 4. The molecule has 1 aliphatic heterocycles. The second-order valence-corrected chi connectivity index (χ2v) is 13.0. The minimum absolute atomic E-state index is 0.229. The number of aliphatic hydroxyl groups excluding tert-OH is 1. The summed E-state index contributed by atoms with van der Waals surface area (Å²) in [5.41, 5.74) is 4.07. The average Bonchev–Trinajstić information content (AvgIpc) is 3.31. The largest absolute Gasteiger partial charge is 0.494 e. The number of ether oxygens (including phenoxy) is 1. The molecule has 1 aliphatic rings. The summed E-state index contributed by atoms with van der Waals surface area (Å²) in [7, 11) is -1.60. The Kier molecular flexibility index (Phi) is 8.00. The van der Waals surface area contributed by atoms with Gasteiger partial charge in [-0.25, -0.2) is 18.4 Å². The lowest BCUT2D eigenvalue weighted by molar-refractivity contribution is 0.145. The van der Waals surface area contributed by atoms with Gasteiger partial charge < -0.3 is 24.6 Å². The molecular weight excluding hydrogens is 526 g/mol. The molecule has 0 saturated carbocycles. The monoisotopic (exact) mass is 563 g/mol. The number of piperidine rings is 1. The van der Waals surface area contributed by atoms with E-state index in [2.05, 4.69) is 28.4 Å². The van der Waals surface area contributed by atoms with E-state index in [4.69, 9.17) is 14.7 Å². The summed E-state index contributed by atoms with van der Waals surface area (Å²) in [6, 6.07) is 15.1. The van der Waals surface area contributed by atoms with E-state index in [1.54, 1.807) is 32.0 Å². The second-order valence-electron chi connectivity index (χ2n) is 10.5. The Balaban J connectivity index is 1.50. The van der Waals surface area contributed by atoms with Crippen LogP contribution in [0.3, 0.4) is 0 Å². The van der Waals surface area contributed by atoms with Crippen LogP contribution in [0.4, 0.5) is 17.2 Å². The number of fused-ring (bicyclic) bond motifs is 1. The molecule has 0 amide bonds. The quantitative estimate of drug-likeness (QED) is 0.298. The van der Waals surface area contributed by atoms with Crippen molar-refractivity contribution in [1.82, 2.24) is 14.5 Å². The summed E-state index contributed by atoms with van der Waals surface area (Å²) in [4.78, 5) is 12.2. The van der Waals surface area contributed by atoms with Crippen molar-refractivity contribution in [3.8, 4) is 5.75 Å². The highest BCUT2D eigenvalue weighted by atomic mass is 32.2. The number of aromatic nitrogens is 3. The minimum atomic E-state index is -3.51. The van der Waals surface area contributed by atoms with Crippen molar-refractivity contribution < 1.29 is 18.3 Å². The highest BCUT2D eigenvalue weighted by Gasteiger charge is 2.24. The van der Waals surface area contributed by atoms with Crippen LogP contribution in [0.1, 0.15) is 45.0 Å². The van der Waals surface area contributed by atoms with Crippen molar-refractivity contribution in [3.63, 3.8) is 0 Å². The van der Waals surface area contributed by atoms with Crippen molar-refractivity contribution in [2.75, 3.05) is 29.9 Å². The zero-order chi connectivity index (χ0) is 28.4. The van der Waals surface area contributed by atoms with Gasteiger partial charge in [-0.15, -0.1) is 0 Å². The Morgan fingerprint density at radius 1 is 1.10 bits per heavy atom. The number of para-hydroxylation sites is 1. The Labute approximate surface area is 235 Å². The highest BCUT2D eigenvalue weighted by molar-refractivity contribution is 7.92. The SMILES string of the molecule is CCOc1cc(N2CCC(O)CC2)ccc1Cc1nc(Nc2ccccc2S(=O)(=O)C(C)C)c2c(ccn2C)n1. The molecule has 4 aromatic rings. The van der Waals surface area contributed by atoms with Gasteiger partial charge in [0.05, 0.1) is 34.1 Å². The van der Waals surface area contributed by atoms with Crippen molar-refractivity contribution in [2.45, 2.75) is 56.3 Å². The van der Waals surface area contributed by atoms with E-state index >= 15 is 0 Å². The first-order valence-electron chi connectivity index (χ1n) is 13.8. The van der Waals surface area contributed by atoms with Crippen LogP contribution in [0.25, 0.3) is 11.0 Å². The molecule has 9 nitrogen and oxygen atoms in total. The summed E-state index contributed by atoms with van der Waals surface area (Å²) >= 11 is 0. The fourth-order valence-corrected chi connectivity index (χ4v) is 6.28. The Bertz CT molecular complexity index is 1610. The topological polar surface area (TPSA) is 110 Å². The summed E-state index contributed by atoms with van der Waals surface area (Å²) in [5, 5.41) is 12.7. The lowest BCUT2D eigenvalue weighted by Crippen LogP contribution is -2.35. The smallest absolute Gasteiger partial charge is 0.182 e. The lowest BCUT2D eigenvalue weighted by atomic mass is 10.1. The van der Waals surface area contributed by atoms with Crippen molar-refractivity contribution in [2.24, 2.45) is 7.05 Å². The summed E-state index contributed by atoms with van der Waals surface area (Å²) in [6.45, 7) is 7.47. The number of aliphatic hydroxyl groups is 1. The lowest BCUT2D eigenvalue weighted by Gasteiger charge is -2.32. The van der Waals surface area contributed by atoms with Crippen LogP contribution in [0.5, 0.6) is 5.75 Å². The van der Waals surface area contributed by atoms with Gasteiger partial charge in [0.2, 0.25) is 0 Å². The van der Waals surface area contributed by atoms with Crippen molar-refractivity contribution in [1.29, 1.82) is 0 Å². The molecule has 2 aromatic carbocycles. The van der Waals surface area contributed by atoms with Crippen LogP contribution in [-0.2, 0) is 23.3 Å². The molecule has 3 heterocycles. The second kappa shape index (κ2) is 11.5.